The van der Waals surface area contributed by atoms with E-state index in [0.717, 1.165) is 11.8 Å². The highest BCUT2D eigenvalue weighted by Gasteiger charge is 2.17. The molecule has 0 saturated carbocycles. The highest BCUT2D eigenvalue weighted by molar-refractivity contribution is 7.99. The first-order valence-electron chi connectivity index (χ1n) is 4.84. The van der Waals surface area contributed by atoms with Gasteiger partial charge in [-0.2, -0.15) is 0 Å². The summed E-state index contributed by atoms with van der Waals surface area (Å²) in [6, 6.07) is 2.99. The first-order valence-corrected chi connectivity index (χ1v) is 6.03. The van der Waals surface area contributed by atoms with Crippen molar-refractivity contribution in [3.63, 3.8) is 0 Å². The van der Waals surface area contributed by atoms with Crippen molar-refractivity contribution in [1.82, 2.24) is 10.2 Å². The van der Waals surface area contributed by atoms with E-state index in [1.807, 2.05) is 0 Å². The van der Waals surface area contributed by atoms with Crippen LogP contribution in [0.4, 0.5) is 5.69 Å². The van der Waals surface area contributed by atoms with Crippen LogP contribution >= 0.6 is 23.4 Å². The molecule has 0 fully saturated rings. The third kappa shape index (κ3) is 2.57. The lowest BCUT2D eigenvalue weighted by Crippen LogP contribution is -2.13. The number of nitrogens with two attached hydrogens (primary N) is 2. The number of halogens is 1. The Hall–Kier alpha value is -1.73. The minimum atomic E-state index is -0.622. The number of rotatable bonds is 3. The highest BCUT2D eigenvalue weighted by atomic mass is 35.5. The van der Waals surface area contributed by atoms with Gasteiger partial charge in [0.25, 0.3) is 5.22 Å². The fourth-order valence-corrected chi connectivity index (χ4v) is 2.50. The van der Waals surface area contributed by atoms with Crippen molar-refractivity contribution in [2.24, 2.45) is 5.73 Å². The molecule has 0 radical (unpaired) electrons. The van der Waals surface area contributed by atoms with E-state index in [9.17, 15) is 4.79 Å². The summed E-state index contributed by atoms with van der Waals surface area (Å²) in [6.07, 6.45) is 0. The molecule has 4 N–H and O–H groups in total. The summed E-state index contributed by atoms with van der Waals surface area (Å²) in [5, 5.41) is 8.08. The fourth-order valence-electron chi connectivity index (χ4n) is 1.31. The maximum Gasteiger partial charge on any atom is 0.281 e. The molecule has 0 aliphatic rings. The van der Waals surface area contributed by atoms with Gasteiger partial charge in [0.05, 0.1) is 10.6 Å². The summed E-state index contributed by atoms with van der Waals surface area (Å²) in [5.41, 5.74) is 11.5. The van der Waals surface area contributed by atoms with Crippen molar-refractivity contribution in [1.29, 1.82) is 0 Å². The number of primary amides is 1. The molecule has 94 valence electrons. The van der Waals surface area contributed by atoms with E-state index in [1.54, 1.807) is 6.92 Å². The molecule has 0 saturated heterocycles. The Balaban J connectivity index is 2.46. The Kier molecular flexibility index (Phi) is 3.44. The molecular weight excluding hydrogens is 276 g/mol. The largest absolute Gasteiger partial charge is 0.416 e. The van der Waals surface area contributed by atoms with Crippen LogP contribution in [0.3, 0.4) is 0 Å². The molecule has 6 nitrogen and oxygen atoms in total. The van der Waals surface area contributed by atoms with Crippen molar-refractivity contribution >= 4 is 35.0 Å². The minimum Gasteiger partial charge on any atom is -0.416 e. The zero-order valence-electron chi connectivity index (χ0n) is 9.31. The molecule has 1 aromatic carbocycles. The number of hydrogen-bond donors (Lipinski definition) is 2. The Morgan fingerprint density at radius 2 is 2.17 bits per heavy atom. The summed E-state index contributed by atoms with van der Waals surface area (Å²) in [5.74, 6) is -0.201. The maximum absolute atomic E-state index is 11.3. The van der Waals surface area contributed by atoms with Gasteiger partial charge >= 0.3 is 0 Å². The number of anilines is 1. The van der Waals surface area contributed by atoms with Crippen molar-refractivity contribution in [2.45, 2.75) is 17.0 Å². The summed E-state index contributed by atoms with van der Waals surface area (Å²) in [7, 11) is 0. The second-order valence-corrected chi connectivity index (χ2v) is 4.80. The van der Waals surface area contributed by atoms with Gasteiger partial charge in [-0.3, -0.25) is 4.79 Å². The van der Waals surface area contributed by atoms with Gasteiger partial charge in [0.1, 0.15) is 0 Å². The van der Waals surface area contributed by atoms with Crippen LogP contribution in [0.25, 0.3) is 0 Å². The second kappa shape index (κ2) is 4.87. The number of amides is 1. The molecule has 2 aromatic rings. The van der Waals surface area contributed by atoms with E-state index in [4.69, 9.17) is 27.5 Å². The van der Waals surface area contributed by atoms with Crippen LogP contribution in [-0.4, -0.2) is 16.1 Å². The molecule has 1 amide bonds. The molecule has 18 heavy (non-hydrogen) atoms. The molecule has 0 bridgehead atoms. The lowest BCUT2D eigenvalue weighted by atomic mass is 10.2. The molecule has 0 aliphatic carbocycles. The number of benzene rings is 1. The van der Waals surface area contributed by atoms with Gasteiger partial charge in [-0.1, -0.05) is 11.6 Å². The average Bonchev–Trinajstić information content (AvgIpc) is 2.67. The molecule has 0 spiro atoms. The van der Waals surface area contributed by atoms with Gasteiger partial charge in [-0.05, 0) is 23.9 Å². The molecule has 1 heterocycles. The predicted molar refractivity (Wildman–Crippen MR) is 67.5 cm³/mol. The Labute approximate surface area is 112 Å². The van der Waals surface area contributed by atoms with Crippen LogP contribution in [0.1, 0.15) is 16.2 Å². The van der Waals surface area contributed by atoms with Crippen molar-refractivity contribution in [3.8, 4) is 0 Å². The smallest absolute Gasteiger partial charge is 0.281 e. The molecule has 0 atom stereocenters. The van der Waals surface area contributed by atoms with Crippen molar-refractivity contribution < 1.29 is 9.21 Å². The third-order valence-corrected chi connectivity index (χ3v) is 3.42. The Morgan fingerprint density at radius 1 is 1.44 bits per heavy atom. The number of nitrogens with zero attached hydrogens (tertiary/aromatic N) is 2. The SMILES string of the molecule is Cc1nnc(Sc2c(Cl)cc(N)cc2C(N)=O)o1. The van der Waals surface area contributed by atoms with Crippen molar-refractivity contribution in [3.05, 3.63) is 28.6 Å². The average molecular weight is 285 g/mol. The minimum absolute atomic E-state index is 0.223. The summed E-state index contributed by atoms with van der Waals surface area (Å²) < 4.78 is 5.21. The summed E-state index contributed by atoms with van der Waals surface area (Å²) in [4.78, 5) is 11.8. The molecule has 0 unspecified atom stereocenters. The fraction of sp³-hybridized carbons (Fsp3) is 0.100. The standard InChI is InChI=1S/C10H9ClN4O2S/c1-4-14-15-10(17-4)18-8-6(9(13)16)2-5(12)3-7(8)11/h2-3H,12H2,1H3,(H2,13,16). The first kappa shape index (κ1) is 12.7. The van der Waals surface area contributed by atoms with Gasteiger partial charge in [0.15, 0.2) is 0 Å². The number of hydrogen-bond acceptors (Lipinski definition) is 6. The first-order chi connectivity index (χ1) is 8.47. The Morgan fingerprint density at radius 3 is 2.72 bits per heavy atom. The van der Waals surface area contributed by atoms with E-state index >= 15 is 0 Å². The lowest BCUT2D eigenvalue weighted by Gasteiger charge is -2.07. The quantitative estimate of drug-likeness (QED) is 0.833. The van der Waals surface area contributed by atoms with Gasteiger partial charge < -0.3 is 15.9 Å². The van der Waals surface area contributed by atoms with Crippen LogP contribution in [0.2, 0.25) is 5.02 Å². The molecule has 8 heteroatoms. The zero-order valence-corrected chi connectivity index (χ0v) is 10.9. The van der Waals surface area contributed by atoms with E-state index in [2.05, 4.69) is 10.2 Å². The second-order valence-electron chi connectivity index (χ2n) is 3.43. The molecule has 0 aliphatic heterocycles. The highest BCUT2D eigenvalue weighted by Crippen LogP contribution is 2.36. The van der Waals surface area contributed by atoms with Gasteiger partial charge in [0, 0.05) is 17.5 Å². The maximum atomic E-state index is 11.3. The van der Waals surface area contributed by atoms with Crippen LogP contribution in [0, 0.1) is 6.92 Å². The van der Waals surface area contributed by atoms with Gasteiger partial charge in [-0.15, -0.1) is 10.2 Å². The number of aromatic nitrogens is 2. The lowest BCUT2D eigenvalue weighted by molar-refractivity contribution is 0.0997. The number of aryl methyl sites for hydroxylation is 1. The zero-order chi connectivity index (χ0) is 13.3. The van der Waals surface area contributed by atoms with E-state index in [0.29, 0.717) is 21.5 Å². The molecular formula is C10H9ClN4O2S. The summed E-state index contributed by atoms with van der Waals surface area (Å²) >= 11 is 7.11. The Bertz CT molecular complexity index is 614. The van der Waals surface area contributed by atoms with E-state index < -0.39 is 5.91 Å². The number of carbonyl (C=O) groups is 1. The topological polar surface area (TPSA) is 108 Å². The van der Waals surface area contributed by atoms with Crippen LogP contribution in [-0.2, 0) is 0 Å². The normalized spacial score (nSPS) is 10.6. The molecule has 1 aromatic heterocycles. The van der Waals surface area contributed by atoms with Crippen molar-refractivity contribution in [2.75, 3.05) is 5.73 Å². The number of carbonyl (C=O) groups excluding carboxylic acids is 1. The van der Waals surface area contributed by atoms with E-state index in [1.165, 1.54) is 12.1 Å². The number of nitrogen functional groups attached to an aromatic ring is 1. The van der Waals surface area contributed by atoms with E-state index in [-0.39, 0.29) is 10.8 Å². The van der Waals surface area contributed by atoms with Crippen LogP contribution < -0.4 is 11.5 Å². The van der Waals surface area contributed by atoms with Gasteiger partial charge in [0.2, 0.25) is 11.8 Å². The van der Waals surface area contributed by atoms with Crippen LogP contribution in [0.15, 0.2) is 26.7 Å². The van der Waals surface area contributed by atoms with Crippen LogP contribution in [0.5, 0.6) is 0 Å². The molecule has 2 rings (SSSR count). The third-order valence-electron chi connectivity index (χ3n) is 2.03. The predicted octanol–water partition coefficient (Wildman–Crippen LogP) is 1.86. The van der Waals surface area contributed by atoms with Gasteiger partial charge in [-0.25, -0.2) is 0 Å². The monoisotopic (exact) mass is 284 g/mol. The summed E-state index contributed by atoms with van der Waals surface area (Å²) in [6.45, 7) is 1.66.